The van der Waals surface area contributed by atoms with Crippen molar-refractivity contribution in [3.63, 3.8) is 0 Å². The molecule has 118 valence electrons. The fourth-order valence-electron chi connectivity index (χ4n) is 2.57. The van der Waals surface area contributed by atoms with Crippen LogP contribution in [-0.2, 0) is 9.59 Å². The van der Waals surface area contributed by atoms with Crippen molar-refractivity contribution in [1.82, 2.24) is 0 Å². The van der Waals surface area contributed by atoms with E-state index in [1.165, 1.54) is 6.07 Å². The number of anilines is 2. The van der Waals surface area contributed by atoms with Crippen LogP contribution in [0.4, 0.5) is 11.4 Å². The first-order valence-electron chi connectivity index (χ1n) is 7.19. The molecule has 3 rings (SSSR count). The van der Waals surface area contributed by atoms with E-state index < -0.39 is 5.92 Å². The summed E-state index contributed by atoms with van der Waals surface area (Å²) >= 11 is 3.36. The van der Waals surface area contributed by atoms with Crippen molar-refractivity contribution in [3.05, 3.63) is 53.0 Å². The number of hydrogen-bond donors (Lipinski definition) is 2. The number of hydrogen-bond acceptors (Lipinski definition) is 3. The van der Waals surface area contributed by atoms with Gasteiger partial charge in [-0.3, -0.25) is 9.59 Å². The number of phenols is 1. The Hall–Kier alpha value is -2.34. The van der Waals surface area contributed by atoms with Gasteiger partial charge in [0.1, 0.15) is 5.75 Å². The largest absolute Gasteiger partial charge is 0.506 e. The number of nitrogens with one attached hydrogen (secondary N) is 1. The van der Waals surface area contributed by atoms with Crippen molar-refractivity contribution in [3.8, 4) is 5.75 Å². The van der Waals surface area contributed by atoms with E-state index in [9.17, 15) is 14.7 Å². The summed E-state index contributed by atoms with van der Waals surface area (Å²) < 4.78 is 0.932. The van der Waals surface area contributed by atoms with E-state index in [-0.39, 0.29) is 24.0 Å². The van der Waals surface area contributed by atoms with Crippen molar-refractivity contribution in [2.45, 2.75) is 6.42 Å². The fourth-order valence-corrected chi connectivity index (χ4v) is 2.83. The standard InChI is InChI=1S/C17H15BrN2O3/c18-12-5-7-13(8-6-12)20-10-11(9-16(20)22)17(23)19-14-3-1-2-4-15(14)21/h1-8,11,21H,9-10H2,(H,19,23)/t11-/m0/s1. The van der Waals surface area contributed by atoms with Gasteiger partial charge in [-0.1, -0.05) is 28.1 Å². The van der Waals surface area contributed by atoms with Gasteiger partial charge < -0.3 is 15.3 Å². The summed E-state index contributed by atoms with van der Waals surface area (Å²) in [7, 11) is 0. The first-order valence-corrected chi connectivity index (χ1v) is 7.98. The summed E-state index contributed by atoms with van der Waals surface area (Å²) in [5.74, 6) is -0.773. The molecular formula is C17H15BrN2O3. The molecule has 0 spiro atoms. The van der Waals surface area contributed by atoms with Crippen LogP contribution in [0, 0.1) is 5.92 Å². The minimum absolute atomic E-state index is 0.00920. The summed E-state index contributed by atoms with van der Waals surface area (Å²) in [4.78, 5) is 26.1. The van der Waals surface area contributed by atoms with Crippen LogP contribution in [0.2, 0.25) is 0 Å². The van der Waals surface area contributed by atoms with E-state index in [1.54, 1.807) is 23.1 Å². The third-order valence-corrected chi connectivity index (χ3v) is 4.32. The summed E-state index contributed by atoms with van der Waals surface area (Å²) in [6, 6.07) is 13.9. The molecule has 0 aliphatic carbocycles. The van der Waals surface area contributed by atoms with Crippen LogP contribution < -0.4 is 10.2 Å². The lowest BCUT2D eigenvalue weighted by atomic mass is 10.1. The van der Waals surface area contributed by atoms with E-state index in [4.69, 9.17) is 0 Å². The van der Waals surface area contributed by atoms with Crippen molar-refractivity contribution in [2.75, 3.05) is 16.8 Å². The molecule has 2 aromatic carbocycles. The molecule has 0 radical (unpaired) electrons. The van der Waals surface area contributed by atoms with Crippen LogP contribution in [0.15, 0.2) is 53.0 Å². The first kappa shape index (κ1) is 15.6. The van der Waals surface area contributed by atoms with Crippen molar-refractivity contribution in [1.29, 1.82) is 0 Å². The number of benzene rings is 2. The van der Waals surface area contributed by atoms with E-state index in [2.05, 4.69) is 21.2 Å². The highest BCUT2D eigenvalue weighted by Crippen LogP contribution is 2.28. The lowest BCUT2D eigenvalue weighted by Gasteiger charge is -2.17. The van der Waals surface area contributed by atoms with Crippen LogP contribution >= 0.6 is 15.9 Å². The normalized spacial score (nSPS) is 17.3. The fraction of sp³-hybridized carbons (Fsp3) is 0.176. The third-order valence-electron chi connectivity index (χ3n) is 3.80. The second kappa shape index (κ2) is 6.42. The quantitative estimate of drug-likeness (QED) is 0.810. The van der Waals surface area contributed by atoms with Gasteiger partial charge in [0.05, 0.1) is 11.6 Å². The minimum atomic E-state index is -0.439. The van der Waals surface area contributed by atoms with Crippen LogP contribution in [-0.4, -0.2) is 23.5 Å². The summed E-state index contributed by atoms with van der Waals surface area (Å²) in [5.41, 5.74) is 1.13. The highest BCUT2D eigenvalue weighted by Gasteiger charge is 2.35. The predicted octanol–water partition coefficient (Wildman–Crippen LogP) is 3.15. The topological polar surface area (TPSA) is 69.6 Å². The van der Waals surface area contributed by atoms with Gasteiger partial charge in [0.2, 0.25) is 11.8 Å². The number of para-hydroxylation sites is 2. The van der Waals surface area contributed by atoms with Crippen molar-refractivity contribution >= 4 is 39.1 Å². The minimum Gasteiger partial charge on any atom is -0.506 e. The Labute approximate surface area is 142 Å². The van der Waals surface area contributed by atoms with Gasteiger partial charge in [-0.15, -0.1) is 0 Å². The Bertz CT molecular complexity index is 746. The van der Waals surface area contributed by atoms with E-state index in [0.717, 1.165) is 10.2 Å². The maximum Gasteiger partial charge on any atom is 0.229 e. The lowest BCUT2D eigenvalue weighted by Crippen LogP contribution is -2.28. The van der Waals surface area contributed by atoms with Crippen LogP contribution in [0.1, 0.15) is 6.42 Å². The molecule has 1 fully saturated rings. The average Bonchev–Trinajstić information content (AvgIpc) is 2.92. The van der Waals surface area contributed by atoms with Crippen LogP contribution in [0.3, 0.4) is 0 Å². The Morgan fingerprint density at radius 3 is 2.57 bits per heavy atom. The Balaban J connectivity index is 1.71. The maximum absolute atomic E-state index is 12.3. The van der Waals surface area contributed by atoms with E-state index >= 15 is 0 Å². The van der Waals surface area contributed by atoms with Crippen LogP contribution in [0.25, 0.3) is 0 Å². The van der Waals surface area contributed by atoms with E-state index in [1.807, 2.05) is 24.3 Å². The molecular weight excluding hydrogens is 360 g/mol. The number of phenolic OH excluding ortho intramolecular Hbond substituents is 1. The maximum atomic E-state index is 12.3. The molecule has 5 nitrogen and oxygen atoms in total. The number of halogens is 1. The van der Waals surface area contributed by atoms with Gasteiger partial charge >= 0.3 is 0 Å². The van der Waals surface area contributed by atoms with Crippen molar-refractivity contribution < 1.29 is 14.7 Å². The monoisotopic (exact) mass is 374 g/mol. The number of rotatable bonds is 3. The SMILES string of the molecule is O=C(Nc1ccccc1O)[C@H]1CC(=O)N(c2ccc(Br)cc2)C1. The molecule has 1 aliphatic rings. The lowest BCUT2D eigenvalue weighted by molar-refractivity contribution is -0.122. The zero-order valence-electron chi connectivity index (χ0n) is 12.2. The van der Waals surface area contributed by atoms with Gasteiger partial charge in [-0.25, -0.2) is 0 Å². The Morgan fingerprint density at radius 1 is 1.17 bits per heavy atom. The number of amides is 2. The molecule has 1 saturated heterocycles. The Kier molecular flexibility index (Phi) is 4.34. The smallest absolute Gasteiger partial charge is 0.229 e. The van der Waals surface area contributed by atoms with Crippen LogP contribution in [0.5, 0.6) is 5.75 Å². The van der Waals surface area contributed by atoms with Gasteiger partial charge in [0.15, 0.2) is 0 Å². The zero-order valence-corrected chi connectivity index (χ0v) is 13.8. The second-order valence-corrected chi connectivity index (χ2v) is 6.30. The number of aromatic hydroxyl groups is 1. The highest BCUT2D eigenvalue weighted by molar-refractivity contribution is 9.10. The number of nitrogens with zero attached hydrogens (tertiary/aromatic N) is 1. The predicted molar refractivity (Wildman–Crippen MR) is 91.3 cm³/mol. The van der Waals surface area contributed by atoms with Crippen molar-refractivity contribution in [2.24, 2.45) is 5.92 Å². The average molecular weight is 375 g/mol. The molecule has 0 aromatic heterocycles. The number of carbonyl (C=O) groups is 2. The highest BCUT2D eigenvalue weighted by atomic mass is 79.9. The molecule has 1 atom stereocenters. The van der Waals surface area contributed by atoms with E-state index in [0.29, 0.717) is 12.2 Å². The molecule has 0 bridgehead atoms. The summed E-state index contributed by atoms with van der Waals surface area (Å²) in [5, 5.41) is 12.4. The molecule has 6 heteroatoms. The summed E-state index contributed by atoms with van der Waals surface area (Å²) in [6.07, 6.45) is 0.162. The molecule has 1 aliphatic heterocycles. The van der Waals surface area contributed by atoms with Gasteiger partial charge in [0, 0.05) is 23.1 Å². The first-order chi connectivity index (χ1) is 11.0. The van der Waals surface area contributed by atoms with Gasteiger partial charge in [-0.05, 0) is 36.4 Å². The van der Waals surface area contributed by atoms with Gasteiger partial charge in [-0.2, -0.15) is 0 Å². The third kappa shape index (κ3) is 3.37. The molecule has 2 amide bonds. The molecule has 2 aromatic rings. The molecule has 0 unspecified atom stereocenters. The summed E-state index contributed by atoms with van der Waals surface area (Å²) in [6.45, 7) is 0.333. The molecule has 1 heterocycles. The Morgan fingerprint density at radius 2 is 1.87 bits per heavy atom. The molecule has 2 N–H and O–H groups in total. The molecule has 0 saturated carbocycles. The second-order valence-electron chi connectivity index (χ2n) is 5.39. The molecule has 23 heavy (non-hydrogen) atoms. The van der Waals surface area contributed by atoms with Gasteiger partial charge in [0.25, 0.3) is 0 Å². The zero-order chi connectivity index (χ0) is 16.4. The number of carbonyl (C=O) groups excluding carboxylic acids is 2.